The highest BCUT2D eigenvalue weighted by Gasteiger charge is 2.31. The van der Waals surface area contributed by atoms with Crippen molar-refractivity contribution in [2.45, 2.75) is 12.8 Å². The van der Waals surface area contributed by atoms with Crippen LogP contribution in [0.4, 0.5) is 5.82 Å². The van der Waals surface area contributed by atoms with Crippen molar-refractivity contribution in [1.29, 1.82) is 5.26 Å². The number of carbonyl (C=O) groups excluding carboxylic acids is 1. The SMILES string of the molecule is N#Cc1cnn(-c2c(Cl)cc(Cl)c(Cl)c2Cl)c1NC(=O)C1CC1. The molecule has 1 fully saturated rings. The highest BCUT2D eigenvalue weighted by atomic mass is 35.5. The van der Waals surface area contributed by atoms with Crippen LogP contribution in [0.15, 0.2) is 12.3 Å². The molecule has 0 aliphatic heterocycles. The topological polar surface area (TPSA) is 70.7 Å². The predicted molar refractivity (Wildman–Crippen MR) is 89.7 cm³/mol. The van der Waals surface area contributed by atoms with E-state index in [1.54, 1.807) is 0 Å². The summed E-state index contributed by atoms with van der Waals surface area (Å²) in [5, 5.41) is 16.6. The molecule has 1 saturated carbocycles. The van der Waals surface area contributed by atoms with Crippen LogP contribution >= 0.6 is 46.4 Å². The lowest BCUT2D eigenvalue weighted by Gasteiger charge is -2.14. The Morgan fingerprint density at radius 3 is 2.57 bits per heavy atom. The van der Waals surface area contributed by atoms with E-state index < -0.39 is 0 Å². The van der Waals surface area contributed by atoms with E-state index in [-0.39, 0.29) is 49.0 Å². The molecule has 1 aliphatic rings. The van der Waals surface area contributed by atoms with Gasteiger partial charge in [0.2, 0.25) is 5.91 Å². The molecule has 118 valence electrons. The molecule has 23 heavy (non-hydrogen) atoms. The third-order valence-corrected chi connectivity index (χ3v) is 4.92. The first kappa shape index (κ1) is 16.4. The van der Waals surface area contributed by atoms with Crippen molar-refractivity contribution < 1.29 is 4.79 Å². The summed E-state index contributed by atoms with van der Waals surface area (Å²) in [6.45, 7) is 0. The lowest BCUT2D eigenvalue weighted by atomic mass is 10.3. The Bertz CT molecular complexity index is 851. The summed E-state index contributed by atoms with van der Waals surface area (Å²) in [4.78, 5) is 12.0. The molecule has 3 rings (SSSR count). The Balaban J connectivity index is 2.14. The quantitative estimate of drug-likeness (QED) is 0.610. The maximum atomic E-state index is 12.0. The van der Waals surface area contributed by atoms with Gasteiger partial charge in [0.25, 0.3) is 0 Å². The highest BCUT2D eigenvalue weighted by Crippen LogP contribution is 2.41. The lowest BCUT2D eigenvalue weighted by molar-refractivity contribution is -0.117. The van der Waals surface area contributed by atoms with Crippen LogP contribution in [0.3, 0.4) is 0 Å². The molecule has 0 atom stereocenters. The van der Waals surface area contributed by atoms with E-state index in [9.17, 15) is 10.1 Å². The Hall–Kier alpha value is -1.45. The zero-order valence-corrected chi connectivity index (χ0v) is 14.4. The van der Waals surface area contributed by atoms with Crippen molar-refractivity contribution in [3.63, 3.8) is 0 Å². The minimum atomic E-state index is -0.171. The van der Waals surface area contributed by atoms with Gasteiger partial charge in [-0.25, -0.2) is 4.68 Å². The molecule has 1 aliphatic carbocycles. The predicted octanol–water partition coefficient (Wildman–Crippen LogP) is 4.71. The summed E-state index contributed by atoms with van der Waals surface area (Å²) in [6, 6.07) is 3.40. The van der Waals surface area contributed by atoms with Crippen molar-refractivity contribution in [3.8, 4) is 11.8 Å². The van der Waals surface area contributed by atoms with Crippen molar-refractivity contribution in [2.75, 3.05) is 5.32 Å². The molecule has 1 aromatic heterocycles. The fourth-order valence-corrected chi connectivity index (χ4v) is 3.10. The first-order valence-corrected chi connectivity index (χ1v) is 8.07. The van der Waals surface area contributed by atoms with E-state index in [0.29, 0.717) is 0 Å². The minimum absolute atomic E-state index is 0.0374. The third-order valence-electron chi connectivity index (χ3n) is 3.38. The first-order chi connectivity index (χ1) is 10.9. The summed E-state index contributed by atoms with van der Waals surface area (Å²) < 4.78 is 1.28. The molecule has 2 aromatic rings. The van der Waals surface area contributed by atoms with Gasteiger partial charge in [0.05, 0.1) is 26.3 Å². The van der Waals surface area contributed by atoms with Gasteiger partial charge in [-0.05, 0) is 18.9 Å². The van der Waals surface area contributed by atoms with Crippen molar-refractivity contribution in [2.24, 2.45) is 5.92 Å². The van der Waals surface area contributed by atoms with Gasteiger partial charge >= 0.3 is 0 Å². The Morgan fingerprint density at radius 1 is 1.26 bits per heavy atom. The van der Waals surface area contributed by atoms with Gasteiger partial charge < -0.3 is 5.32 Å². The van der Waals surface area contributed by atoms with Crippen LogP contribution in [0, 0.1) is 17.2 Å². The first-order valence-electron chi connectivity index (χ1n) is 6.56. The Kier molecular flexibility index (Phi) is 4.43. The normalized spacial score (nSPS) is 13.7. The van der Waals surface area contributed by atoms with Crippen molar-refractivity contribution in [1.82, 2.24) is 9.78 Å². The maximum Gasteiger partial charge on any atom is 0.228 e. The van der Waals surface area contributed by atoms with Crippen LogP contribution in [-0.4, -0.2) is 15.7 Å². The number of nitrogens with one attached hydrogen (secondary N) is 1. The standard InChI is InChI=1S/C14H8Cl4N4O/c15-8-3-9(16)12(11(18)10(8)17)22-13(7(4-19)5-20-22)21-14(23)6-1-2-6/h3,5-6H,1-2H2,(H,21,23). The van der Waals surface area contributed by atoms with E-state index >= 15 is 0 Å². The smallest absolute Gasteiger partial charge is 0.228 e. The number of rotatable bonds is 3. The fourth-order valence-electron chi connectivity index (χ4n) is 2.04. The summed E-state index contributed by atoms with van der Waals surface area (Å²) in [5.41, 5.74) is 0.438. The summed E-state index contributed by atoms with van der Waals surface area (Å²) in [7, 11) is 0. The number of hydrogen-bond donors (Lipinski definition) is 1. The summed E-state index contributed by atoms with van der Waals surface area (Å²) in [5.74, 6) is -0.00760. The Morgan fingerprint density at radius 2 is 1.96 bits per heavy atom. The number of aromatic nitrogens is 2. The largest absolute Gasteiger partial charge is 0.309 e. The molecule has 1 aromatic carbocycles. The monoisotopic (exact) mass is 388 g/mol. The number of nitriles is 1. The van der Waals surface area contributed by atoms with Gasteiger partial charge in [-0.2, -0.15) is 10.4 Å². The van der Waals surface area contributed by atoms with Crippen molar-refractivity contribution >= 4 is 58.1 Å². The molecule has 1 N–H and O–H groups in total. The molecule has 9 heteroatoms. The molecule has 0 bridgehead atoms. The maximum absolute atomic E-state index is 12.0. The molecule has 0 unspecified atom stereocenters. The van der Waals surface area contributed by atoms with Gasteiger partial charge in [0.1, 0.15) is 17.3 Å². The summed E-state index contributed by atoms with van der Waals surface area (Å²) >= 11 is 24.4. The number of benzene rings is 1. The van der Waals surface area contributed by atoms with Gasteiger partial charge in [-0.3, -0.25) is 4.79 Å². The van der Waals surface area contributed by atoms with Gasteiger partial charge in [-0.1, -0.05) is 46.4 Å². The van der Waals surface area contributed by atoms with Crippen LogP contribution in [0.5, 0.6) is 0 Å². The van der Waals surface area contributed by atoms with Crippen LogP contribution in [0.25, 0.3) is 5.69 Å². The zero-order chi connectivity index (χ0) is 16.7. The molecule has 0 saturated heterocycles. The Labute approximate surface area is 151 Å². The second-order valence-corrected chi connectivity index (χ2v) is 6.58. The van der Waals surface area contributed by atoms with E-state index in [1.807, 2.05) is 6.07 Å². The number of hydrogen-bond acceptors (Lipinski definition) is 3. The van der Waals surface area contributed by atoms with Crippen molar-refractivity contribution in [3.05, 3.63) is 37.9 Å². The van der Waals surface area contributed by atoms with Crippen LogP contribution < -0.4 is 5.32 Å². The molecule has 1 heterocycles. The third kappa shape index (κ3) is 3.00. The minimum Gasteiger partial charge on any atom is -0.309 e. The fraction of sp³-hybridized carbons (Fsp3) is 0.214. The average molecular weight is 390 g/mol. The number of carbonyl (C=O) groups is 1. The number of nitrogens with zero attached hydrogens (tertiary/aromatic N) is 3. The van der Waals surface area contributed by atoms with E-state index in [2.05, 4.69) is 10.4 Å². The van der Waals surface area contributed by atoms with E-state index in [0.717, 1.165) is 12.8 Å². The van der Waals surface area contributed by atoms with Gasteiger partial charge in [-0.15, -0.1) is 0 Å². The lowest BCUT2D eigenvalue weighted by Crippen LogP contribution is -2.17. The second-order valence-electron chi connectivity index (χ2n) is 5.01. The van der Waals surface area contributed by atoms with Gasteiger partial charge in [0.15, 0.2) is 5.82 Å². The van der Waals surface area contributed by atoms with Crippen LogP contribution in [0.1, 0.15) is 18.4 Å². The van der Waals surface area contributed by atoms with Crippen LogP contribution in [-0.2, 0) is 4.79 Å². The highest BCUT2D eigenvalue weighted by molar-refractivity contribution is 6.50. The molecule has 5 nitrogen and oxygen atoms in total. The molecule has 1 amide bonds. The number of anilines is 1. The van der Waals surface area contributed by atoms with E-state index in [4.69, 9.17) is 46.4 Å². The molecular formula is C14H8Cl4N4O. The molecule has 0 radical (unpaired) electrons. The second kappa shape index (κ2) is 6.21. The summed E-state index contributed by atoms with van der Waals surface area (Å²) in [6.07, 6.45) is 2.98. The van der Waals surface area contributed by atoms with Crippen LogP contribution in [0.2, 0.25) is 20.1 Å². The number of halogens is 4. The zero-order valence-electron chi connectivity index (χ0n) is 11.4. The average Bonchev–Trinajstić information content (AvgIpc) is 3.29. The number of amides is 1. The van der Waals surface area contributed by atoms with Gasteiger partial charge in [0, 0.05) is 5.92 Å². The molecular weight excluding hydrogens is 382 g/mol. The molecule has 0 spiro atoms. The van der Waals surface area contributed by atoms with E-state index in [1.165, 1.54) is 16.9 Å².